The molecule has 3 saturated heterocycles. The third kappa shape index (κ3) is 5.34. The molecule has 2 unspecified atom stereocenters. The van der Waals surface area contributed by atoms with Gasteiger partial charge >= 0.3 is 0 Å². The van der Waals surface area contributed by atoms with Gasteiger partial charge in [0.15, 0.2) is 5.82 Å². The summed E-state index contributed by atoms with van der Waals surface area (Å²) in [5.41, 5.74) is 1.10. The van der Waals surface area contributed by atoms with Gasteiger partial charge in [0, 0.05) is 55.6 Å². The van der Waals surface area contributed by atoms with E-state index in [0.717, 1.165) is 88.2 Å². The molecule has 3 aromatic carbocycles. The van der Waals surface area contributed by atoms with Crippen LogP contribution in [-0.2, 0) is 11.2 Å². The molecule has 4 aromatic rings. The molecule has 2 bridgehead atoms. The highest BCUT2D eigenvalue weighted by molar-refractivity contribution is 6.35. The van der Waals surface area contributed by atoms with Gasteiger partial charge in [0.1, 0.15) is 22.9 Å². The molecule has 0 saturated carbocycles. The molecule has 4 heterocycles. The summed E-state index contributed by atoms with van der Waals surface area (Å²) in [6, 6.07) is 13.5. The van der Waals surface area contributed by atoms with Crippen LogP contribution >= 0.6 is 11.6 Å². The van der Waals surface area contributed by atoms with Crippen molar-refractivity contribution in [3.63, 3.8) is 0 Å². The lowest BCUT2D eigenvalue weighted by Crippen LogP contribution is -2.51. The van der Waals surface area contributed by atoms with Crippen molar-refractivity contribution < 1.29 is 14.2 Å². The summed E-state index contributed by atoms with van der Waals surface area (Å²) in [6.07, 6.45) is 4.91. The molecular formula is C32H35ClFN5O2. The van der Waals surface area contributed by atoms with E-state index in [9.17, 15) is 5.11 Å². The highest BCUT2D eigenvalue weighted by atomic mass is 35.5. The number of phenols is 1. The topological polar surface area (TPSA) is 73.8 Å². The summed E-state index contributed by atoms with van der Waals surface area (Å²) in [7, 11) is 0. The van der Waals surface area contributed by atoms with Gasteiger partial charge in [-0.25, -0.2) is 14.4 Å². The van der Waals surface area contributed by atoms with Crippen LogP contribution < -0.4 is 10.2 Å². The number of halogens is 2. The Hall–Kier alpha value is -3.04. The van der Waals surface area contributed by atoms with Gasteiger partial charge in [-0.3, -0.25) is 4.90 Å². The van der Waals surface area contributed by atoms with Gasteiger partial charge in [0.25, 0.3) is 0 Å². The lowest BCUT2D eigenvalue weighted by Gasteiger charge is -2.34. The number of piperazine rings is 1. The molecule has 0 radical (unpaired) electrons. The van der Waals surface area contributed by atoms with Crippen molar-refractivity contribution >= 4 is 39.1 Å². The van der Waals surface area contributed by atoms with E-state index in [4.69, 9.17) is 26.3 Å². The molecule has 7 rings (SSSR count). The zero-order valence-electron chi connectivity index (χ0n) is 23.1. The van der Waals surface area contributed by atoms with Crippen molar-refractivity contribution in [1.82, 2.24) is 20.2 Å². The van der Waals surface area contributed by atoms with Crippen LogP contribution in [0.5, 0.6) is 5.75 Å². The molecule has 214 valence electrons. The number of aromatic nitrogens is 2. The van der Waals surface area contributed by atoms with Gasteiger partial charge in [-0.05, 0) is 66.8 Å². The van der Waals surface area contributed by atoms with E-state index in [1.807, 2.05) is 30.3 Å². The highest BCUT2D eigenvalue weighted by Gasteiger charge is 2.34. The van der Waals surface area contributed by atoms with E-state index in [0.29, 0.717) is 35.3 Å². The van der Waals surface area contributed by atoms with Gasteiger partial charge in [-0.1, -0.05) is 35.9 Å². The Morgan fingerprint density at radius 2 is 1.78 bits per heavy atom. The smallest absolute Gasteiger partial charge is 0.158 e. The van der Waals surface area contributed by atoms with Crippen LogP contribution in [0.15, 0.2) is 42.5 Å². The minimum atomic E-state index is -0.473. The predicted molar refractivity (Wildman–Crippen MR) is 161 cm³/mol. The van der Waals surface area contributed by atoms with Gasteiger partial charge in [-0.15, -0.1) is 0 Å². The summed E-state index contributed by atoms with van der Waals surface area (Å²) in [5, 5.41) is 16.7. The van der Waals surface area contributed by atoms with E-state index in [1.165, 1.54) is 0 Å². The highest BCUT2D eigenvalue weighted by Crippen LogP contribution is 2.42. The number of phenolic OH excluding ortho intramolecular Hbond substituents is 1. The summed E-state index contributed by atoms with van der Waals surface area (Å²) in [4.78, 5) is 14.6. The van der Waals surface area contributed by atoms with Gasteiger partial charge < -0.3 is 20.1 Å². The fourth-order valence-corrected chi connectivity index (χ4v) is 7.03. The van der Waals surface area contributed by atoms with Crippen LogP contribution in [0.1, 0.15) is 31.5 Å². The zero-order chi connectivity index (χ0) is 27.9. The van der Waals surface area contributed by atoms with Gasteiger partial charge in [-0.2, -0.15) is 0 Å². The maximum Gasteiger partial charge on any atom is 0.158 e. The number of hydrogen-bond donors (Lipinski definition) is 2. The molecule has 0 aliphatic carbocycles. The number of nitrogens with one attached hydrogen (secondary N) is 1. The summed E-state index contributed by atoms with van der Waals surface area (Å²) in [6.45, 7) is 6.21. The van der Waals surface area contributed by atoms with E-state index in [2.05, 4.69) is 15.1 Å². The standard InChI is InChI=1S/C32H35ClFN5O2/c33-27-17-26-31(30(34)29(27)25-16-23(40)15-20-5-1-2-6-24(20)25)36-28(7-3-4-10-38-11-13-41-14-12-38)37-32(26)39-18-21-8-9-22(19-39)35-21/h1-2,5-6,15-17,21-22,35,40H,3-4,7-14,18-19H2. The number of benzene rings is 3. The molecule has 7 nitrogen and oxygen atoms in total. The third-order valence-corrected chi connectivity index (χ3v) is 9.07. The lowest BCUT2D eigenvalue weighted by molar-refractivity contribution is 0.0372. The van der Waals surface area contributed by atoms with Gasteiger partial charge in [0.05, 0.1) is 18.2 Å². The molecule has 41 heavy (non-hydrogen) atoms. The number of nitrogens with zero attached hydrogens (tertiary/aromatic N) is 4. The first-order valence-corrected chi connectivity index (χ1v) is 15.1. The Morgan fingerprint density at radius 3 is 2.59 bits per heavy atom. The van der Waals surface area contributed by atoms with Crippen molar-refractivity contribution in [2.24, 2.45) is 0 Å². The second-order valence-electron chi connectivity index (χ2n) is 11.6. The Balaban J connectivity index is 1.29. The molecular weight excluding hydrogens is 541 g/mol. The summed E-state index contributed by atoms with van der Waals surface area (Å²) < 4.78 is 22.2. The number of aryl methyl sites for hydroxylation is 1. The van der Waals surface area contributed by atoms with Crippen molar-refractivity contribution in [2.45, 2.75) is 44.2 Å². The van der Waals surface area contributed by atoms with Crippen LogP contribution in [0.4, 0.5) is 10.2 Å². The van der Waals surface area contributed by atoms with E-state index in [1.54, 1.807) is 12.1 Å². The average Bonchev–Trinajstić information content (AvgIpc) is 3.32. The molecule has 2 N–H and O–H groups in total. The van der Waals surface area contributed by atoms with E-state index < -0.39 is 5.82 Å². The average molecular weight is 576 g/mol. The Labute approximate surface area is 244 Å². The first-order valence-electron chi connectivity index (χ1n) is 14.8. The lowest BCUT2D eigenvalue weighted by atomic mass is 9.96. The third-order valence-electron chi connectivity index (χ3n) is 8.77. The molecule has 3 fully saturated rings. The van der Waals surface area contributed by atoms with Crippen LogP contribution in [0.2, 0.25) is 5.02 Å². The molecule has 0 amide bonds. The number of ether oxygens (including phenoxy) is 1. The Kier molecular flexibility index (Phi) is 7.41. The number of morpholine rings is 1. The number of rotatable bonds is 7. The van der Waals surface area contributed by atoms with Crippen LogP contribution in [0, 0.1) is 5.82 Å². The van der Waals surface area contributed by atoms with Crippen LogP contribution in [-0.4, -0.2) is 78.0 Å². The summed E-state index contributed by atoms with van der Waals surface area (Å²) >= 11 is 6.87. The second-order valence-corrected chi connectivity index (χ2v) is 12.0. The van der Waals surface area contributed by atoms with E-state index in [-0.39, 0.29) is 21.9 Å². The number of aromatic hydroxyl groups is 1. The van der Waals surface area contributed by atoms with Crippen molar-refractivity contribution in [3.05, 3.63) is 59.1 Å². The Morgan fingerprint density at radius 1 is 1.00 bits per heavy atom. The minimum Gasteiger partial charge on any atom is -0.508 e. The van der Waals surface area contributed by atoms with E-state index >= 15 is 4.39 Å². The largest absolute Gasteiger partial charge is 0.508 e. The second kappa shape index (κ2) is 11.3. The fraction of sp³-hybridized carbons (Fsp3) is 0.438. The number of fused-ring (bicyclic) bond motifs is 4. The molecule has 3 aliphatic rings. The van der Waals surface area contributed by atoms with Crippen molar-refractivity contribution in [2.75, 3.05) is 50.8 Å². The van der Waals surface area contributed by atoms with Gasteiger partial charge in [0.2, 0.25) is 0 Å². The summed E-state index contributed by atoms with van der Waals surface area (Å²) in [5.74, 6) is 1.02. The van der Waals surface area contributed by atoms with Crippen molar-refractivity contribution in [1.29, 1.82) is 0 Å². The first-order chi connectivity index (χ1) is 20.0. The monoisotopic (exact) mass is 575 g/mol. The zero-order valence-corrected chi connectivity index (χ0v) is 23.8. The minimum absolute atomic E-state index is 0.0647. The quantitative estimate of drug-likeness (QED) is 0.280. The molecule has 3 aliphatic heterocycles. The van der Waals surface area contributed by atoms with Crippen LogP contribution in [0.25, 0.3) is 32.8 Å². The number of anilines is 1. The number of unbranched alkanes of at least 4 members (excludes halogenated alkanes) is 1. The molecule has 0 spiro atoms. The Bertz CT molecular complexity index is 1580. The maximum atomic E-state index is 16.7. The number of hydrogen-bond acceptors (Lipinski definition) is 7. The fourth-order valence-electron chi connectivity index (χ4n) is 6.74. The maximum absolute atomic E-state index is 16.7. The molecule has 9 heteroatoms. The SMILES string of the molecule is Oc1cc(-c2c(Cl)cc3c(N4CC5CCC(C4)N5)nc(CCCCN4CCOCC4)nc3c2F)c2ccccc2c1. The predicted octanol–water partition coefficient (Wildman–Crippen LogP) is 5.54. The van der Waals surface area contributed by atoms with Crippen molar-refractivity contribution in [3.8, 4) is 16.9 Å². The van der Waals surface area contributed by atoms with Crippen LogP contribution in [0.3, 0.4) is 0 Å². The normalized spacial score (nSPS) is 21.3. The molecule has 2 atom stereocenters. The molecule has 1 aromatic heterocycles. The first kappa shape index (κ1) is 26.8.